The minimum Gasteiger partial charge on any atom is -0.301 e. The zero-order valence-electron chi connectivity index (χ0n) is 11.9. The molecule has 0 aliphatic rings. The molecule has 2 aromatic heterocycles. The number of carbonyl (C=O) groups excluding carboxylic acids is 1. The number of rotatable bonds is 5. The molecule has 0 aliphatic carbocycles. The summed E-state index contributed by atoms with van der Waals surface area (Å²) in [5.74, 6) is 0.275. The molecule has 0 saturated heterocycles. The van der Waals surface area contributed by atoms with E-state index in [9.17, 15) is 4.79 Å². The molecule has 4 nitrogen and oxygen atoms in total. The van der Waals surface area contributed by atoms with Gasteiger partial charge < -0.3 is 5.32 Å². The molecule has 0 aliphatic heterocycles. The standard InChI is InChI=1S/C16H12BrN3OS2/c17-12-3-1-2-11(8-12)14-9-23-16(19-14)20-15(21)10-22-13-4-6-18-7-5-13/h1-9H,10H2,(H,19,20,21). The van der Waals surface area contributed by atoms with Gasteiger partial charge in [-0.3, -0.25) is 9.78 Å². The van der Waals surface area contributed by atoms with Gasteiger partial charge >= 0.3 is 0 Å². The van der Waals surface area contributed by atoms with Gasteiger partial charge in [0.1, 0.15) is 0 Å². The number of carbonyl (C=O) groups is 1. The molecule has 0 radical (unpaired) electrons. The van der Waals surface area contributed by atoms with E-state index in [-0.39, 0.29) is 5.91 Å². The first kappa shape index (κ1) is 16.2. The molecule has 0 bridgehead atoms. The van der Waals surface area contributed by atoms with Crippen LogP contribution in [0.3, 0.4) is 0 Å². The quantitative estimate of drug-likeness (QED) is 0.625. The topological polar surface area (TPSA) is 54.9 Å². The van der Waals surface area contributed by atoms with Gasteiger partial charge in [-0.05, 0) is 24.3 Å². The molecule has 0 fully saturated rings. The molecule has 1 N–H and O–H groups in total. The fraction of sp³-hybridized carbons (Fsp3) is 0.0625. The van der Waals surface area contributed by atoms with Crippen molar-refractivity contribution in [2.24, 2.45) is 0 Å². The van der Waals surface area contributed by atoms with Crippen LogP contribution in [0.4, 0.5) is 5.13 Å². The average Bonchev–Trinajstić information content (AvgIpc) is 3.02. The second-order valence-electron chi connectivity index (χ2n) is 4.57. The highest BCUT2D eigenvalue weighted by molar-refractivity contribution is 9.10. The van der Waals surface area contributed by atoms with E-state index >= 15 is 0 Å². The molecule has 1 aromatic carbocycles. The predicted molar refractivity (Wildman–Crippen MR) is 98.8 cm³/mol. The number of pyridine rings is 1. The first-order chi connectivity index (χ1) is 11.2. The van der Waals surface area contributed by atoms with Crippen LogP contribution in [-0.2, 0) is 4.79 Å². The van der Waals surface area contributed by atoms with Crippen LogP contribution in [0.2, 0.25) is 0 Å². The Morgan fingerprint density at radius 1 is 1.26 bits per heavy atom. The van der Waals surface area contributed by atoms with Crippen molar-refractivity contribution in [3.05, 3.63) is 58.6 Å². The van der Waals surface area contributed by atoms with Crippen molar-refractivity contribution in [3.8, 4) is 11.3 Å². The third-order valence-corrected chi connectivity index (χ3v) is 5.15. The lowest BCUT2D eigenvalue weighted by atomic mass is 10.2. The minimum absolute atomic E-state index is 0.0676. The zero-order chi connectivity index (χ0) is 16.1. The van der Waals surface area contributed by atoms with Crippen LogP contribution >= 0.6 is 39.0 Å². The van der Waals surface area contributed by atoms with Crippen LogP contribution in [0, 0.1) is 0 Å². The van der Waals surface area contributed by atoms with Crippen LogP contribution in [0.15, 0.2) is 63.5 Å². The number of thiazole rings is 1. The second kappa shape index (κ2) is 7.72. The molecule has 0 saturated carbocycles. The van der Waals surface area contributed by atoms with Crippen molar-refractivity contribution in [1.82, 2.24) is 9.97 Å². The molecule has 2 heterocycles. The van der Waals surface area contributed by atoms with E-state index in [0.29, 0.717) is 10.9 Å². The van der Waals surface area contributed by atoms with Crippen LogP contribution < -0.4 is 5.32 Å². The number of aromatic nitrogens is 2. The molecule has 1 amide bonds. The highest BCUT2D eigenvalue weighted by Gasteiger charge is 2.09. The maximum absolute atomic E-state index is 12.0. The van der Waals surface area contributed by atoms with E-state index in [2.05, 4.69) is 31.2 Å². The molecule has 0 atom stereocenters. The van der Waals surface area contributed by atoms with E-state index in [1.54, 1.807) is 12.4 Å². The molecule has 3 rings (SSSR count). The monoisotopic (exact) mass is 405 g/mol. The van der Waals surface area contributed by atoms with E-state index < -0.39 is 0 Å². The van der Waals surface area contributed by atoms with Crippen molar-refractivity contribution < 1.29 is 4.79 Å². The molecule has 0 unspecified atom stereocenters. The van der Waals surface area contributed by atoms with Gasteiger partial charge in [0.15, 0.2) is 5.13 Å². The highest BCUT2D eigenvalue weighted by Crippen LogP contribution is 2.27. The number of anilines is 1. The number of thioether (sulfide) groups is 1. The lowest BCUT2D eigenvalue weighted by Crippen LogP contribution is -2.13. The van der Waals surface area contributed by atoms with Gasteiger partial charge in [0, 0.05) is 32.7 Å². The Labute approximate surface area is 150 Å². The summed E-state index contributed by atoms with van der Waals surface area (Å²) in [6.07, 6.45) is 3.43. The fourth-order valence-electron chi connectivity index (χ4n) is 1.85. The Morgan fingerprint density at radius 3 is 2.87 bits per heavy atom. The number of nitrogens with zero attached hydrogens (tertiary/aromatic N) is 2. The van der Waals surface area contributed by atoms with Gasteiger partial charge in [0.2, 0.25) is 5.91 Å². The first-order valence-electron chi connectivity index (χ1n) is 6.75. The molecule has 116 valence electrons. The Kier molecular flexibility index (Phi) is 5.43. The summed E-state index contributed by atoms with van der Waals surface area (Å²) in [4.78, 5) is 21.4. The van der Waals surface area contributed by atoms with E-state index in [0.717, 1.165) is 20.6 Å². The van der Waals surface area contributed by atoms with Gasteiger partial charge in [-0.2, -0.15) is 0 Å². The Bertz CT molecular complexity index is 808. The van der Waals surface area contributed by atoms with Crippen molar-refractivity contribution >= 4 is 50.1 Å². The van der Waals surface area contributed by atoms with Crippen molar-refractivity contribution in [3.63, 3.8) is 0 Å². The third-order valence-electron chi connectivity index (χ3n) is 2.89. The highest BCUT2D eigenvalue weighted by atomic mass is 79.9. The molecular weight excluding hydrogens is 394 g/mol. The maximum atomic E-state index is 12.0. The van der Waals surface area contributed by atoms with Crippen LogP contribution in [0.1, 0.15) is 0 Å². The summed E-state index contributed by atoms with van der Waals surface area (Å²) < 4.78 is 1.00. The predicted octanol–water partition coefficient (Wildman–Crippen LogP) is 4.70. The SMILES string of the molecule is O=C(CSc1ccncc1)Nc1nc(-c2cccc(Br)c2)cs1. The van der Waals surface area contributed by atoms with Crippen molar-refractivity contribution in [2.75, 3.05) is 11.1 Å². The maximum Gasteiger partial charge on any atom is 0.236 e. The minimum atomic E-state index is -0.0676. The molecule has 3 aromatic rings. The van der Waals surface area contributed by atoms with Crippen molar-refractivity contribution in [1.29, 1.82) is 0 Å². The summed E-state index contributed by atoms with van der Waals surface area (Å²) in [6.45, 7) is 0. The Balaban J connectivity index is 1.59. The third kappa shape index (κ3) is 4.63. The van der Waals surface area contributed by atoms with Gasteiger partial charge in [-0.25, -0.2) is 4.98 Å². The fourth-order valence-corrected chi connectivity index (χ4v) is 3.67. The zero-order valence-corrected chi connectivity index (χ0v) is 15.1. The van der Waals surface area contributed by atoms with Crippen molar-refractivity contribution in [2.45, 2.75) is 4.90 Å². The number of amides is 1. The van der Waals surface area contributed by atoms with Crippen LogP contribution in [0.25, 0.3) is 11.3 Å². The molecular formula is C16H12BrN3OS2. The van der Waals surface area contributed by atoms with Gasteiger partial charge in [-0.1, -0.05) is 28.1 Å². The average molecular weight is 406 g/mol. The lowest BCUT2D eigenvalue weighted by Gasteiger charge is -2.02. The molecule has 23 heavy (non-hydrogen) atoms. The van der Waals surface area contributed by atoms with E-state index in [1.807, 2.05) is 41.8 Å². The Hall–Kier alpha value is -1.70. The van der Waals surface area contributed by atoms with Gasteiger partial charge in [-0.15, -0.1) is 23.1 Å². The van der Waals surface area contributed by atoms with Crippen LogP contribution in [-0.4, -0.2) is 21.6 Å². The number of nitrogens with one attached hydrogen (secondary N) is 1. The van der Waals surface area contributed by atoms with Gasteiger partial charge in [0.05, 0.1) is 11.4 Å². The van der Waals surface area contributed by atoms with Gasteiger partial charge in [0.25, 0.3) is 0 Å². The first-order valence-corrected chi connectivity index (χ1v) is 9.41. The normalized spacial score (nSPS) is 10.5. The number of hydrogen-bond acceptors (Lipinski definition) is 5. The van der Waals surface area contributed by atoms with E-state index in [1.165, 1.54) is 23.1 Å². The summed E-state index contributed by atoms with van der Waals surface area (Å²) in [7, 11) is 0. The summed E-state index contributed by atoms with van der Waals surface area (Å²) >= 11 is 6.34. The largest absolute Gasteiger partial charge is 0.301 e. The Morgan fingerprint density at radius 2 is 2.09 bits per heavy atom. The number of hydrogen-bond donors (Lipinski definition) is 1. The second-order valence-corrected chi connectivity index (χ2v) is 7.39. The molecule has 0 spiro atoms. The van der Waals surface area contributed by atoms with E-state index in [4.69, 9.17) is 0 Å². The number of halogens is 1. The summed E-state index contributed by atoms with van der Waals surface area (Å²) in [5.41, 5.74) is 1.87. The smallest absolute Gasteiger partial charge is 0.236 e. The summed E-state index contributed by atoms with van der Waals surface area (Å²) in [6, 6.07) is 11.7. The number of benzene rings is 1. The van der Waals surface area contributed by atoms with Crippen LogP contribution in [0.5, 0.6) is 0 Å². The lowest BCUT2D eigenvalue weighted by molar-refractivity contribution is -0.113. The summed E-state index contributed by atoms with van der Waals surface area (Å²) in [5, 5.41) is 5.39. The molecule has 7 heteroatoms.